The van der Waals surface area contributed by atoms with Crippen LogP contribution in [0.5, 0.6) is 5.75 Å². The first-order valence-electron chi connectivity index (χ1n) is 14.8. The van der Waals surface area contributed by atoms with Crippen LogP contribution >= 0.6 is 0 Å². The van der Waals surface area contributed by atoms with Crippen molar-refractivity contribution >= 4 is 27.5 Å². The largest absolute Gasteiger partial charge is 0.497 e. The van der Waals surface area contributed by atoms with Gasteiger partial charge in [-0.25, -0.2) is 8.42 Å². The summed E-state index contributed by atoms with van der Waals surface area (Å²) in [6.07, 6.45) is 0.244. The van der Waals surface area contributed by atoms with Crippen molar-refractivity contribution in [2.75, 3.05) is 18.0 Å². The van der Waals surface area contributed by atoms with Crippen molar-refractivity contribution in [3.63, 3.8) is 0 Å². The number of carbonyl (C=O) groups is 2. The van der Waals surface area contributed by atoms with Crippen molar-refractivity contribution in [3.8, 4) is 5.75 Å². The van der Waals surface area contributed by atoms with Gasteiger partial charge in [-0.1, -0.05) is 72.8 Å². The SMILES string of the molecule is COc1ccc(N(CC(=O)N(Cc2ccccc2C)[C@H](Cc2ccccc2)C(=O)NC(C)(C)C)S(=O)(=O)c2ccccc2)cc1. The van der Waals surface area contributed by atoms with Crippen molar-refractivity contribution in [1.29, 1.82) is 0 Å². The van der Waals surface area contributed by atoms with Gasteiger partial charge in [0.2, 0.25) is 11.8 Å². The highest BCUT2D eigenvalue weighted by molar-refractivity contribution is 7.92. The van der Waals surface area contributed by atoms with Gasteiger partial charge in [0, 0.05) is 18.5 Å². The highest BCUT2D eigenvalue weighted by Gasteiger charge is 2.35. The first-order chi connectivity index (χ1) is 21.4. The van der Waals surface area contributed by atoms with Gasteiger partial charge >= 0.3 is 0 Å². The van der Waals surface area contributed by atoms with Crippen LogP contribution in [0.25, 0.3) is 0 Å². The minimum Gasteiger partial charge on any atom is -0.497 e. The molecule has 0 bridgehead atoms. The fourth-order valence-electron chi connectivity index (χ4n) is 4.97. The van der Waals surface area contributed by atoms with Gasteiger partial charge in [0.25, 0.3) is 10.0 Å². The molecule has 0 aliphatic heterocycles. The van der Waals surface area contributed by atoms with E-state index in [1.807, 2.05) is 82.3 Å². The number of hydrogen-bond acceptors (Lipinski definition) is 5. The number of ether oxygens (including phenoxy) is 1. The van der Waals surface area contributed by atoms with Crippen molar-refractivity contribution in [1.82, 2.24) is 10.2 Å². The summed E-state index contributed by atoms with van der Waals surface area (Å²) in [4.78, 5) is 30.1. The molecule has 1 atom stereocenters. The second-order valence-corrected chi connectivity index (χ2v) is 13.8. The lowest BCUT2D eigenvalue weighted by Gasteiger charge is -2.35. The highest BCUT2D eigenvalue weighted by Crippen LogP contribution is 2.27. The molecule has 0 aliphatic carbocycles. The summed E-state index contributed by atoms with van der Waals surface area (Å²) >= 11 is 0. The summed E-state index contributed by atoms with van der Waals surface area (Å²) in [6, 6.07) is 30.7. The monoisotopic (exact) mass is 627 g/mol. The minimum absolute atomic E-state index is 0.0467. The second kappa shape index (κ2) is 14.4. The smallest absolute Gasteiger partial charge is 0.264 e. The molecule has 45 heavy (non-hydrogen) atoms. The molecule has 0 saturated heterocycles. The number of aryl methyl sites for hydroxylation is 1. The Morgan fingerprint density at radius 3 is 1.98 bits per heavy atom. The molecule has 236 valence electrons. The van der Waals surface area contributed by atoms with Crippen LogP contribution in [-0.2, 0) is 32.6 Å². The van der Waals surface area contributed by atoms with Crippen LogP contribution in [0.1, 0.15) is 37.5 Å². The Kier molecular flexibility index (Phi) is 10.7. The summed E-state index contributed by atoms with van der Waals surface area (Å²) in [7, 11) is -2.65. The van der Waals surface area contributed by atoms with E-state index in [0.717, 1.165) is 21.0 Å². The molecule has 0 fully saturated rings. The van der Waals surface area contributed by atoms with Crippen LogP contribution in [0.15, 0.2) is 114 Å². The molecule has 1 N–H and O–H groups in total. The first kappa shape index (κ1) is 33.3. The van der Waals surface area contributed by atoms with E-state index in [0.29, 0.717) is 11.4 Å². The van der Waals surface area contributed by atoms with Crippen LogP contribution in [0.3, 0.4) is 0 Å². The summed E-state index contributed by atoms with van der Waals surface area (Å²) < 4.78 is 34.5. The van der Waals surface area contributed by atoms with E-state index < -0.39 is 34.1 Å². The average molecular weight is 628 g/mol. The highest BCUT2D eigenvalue weighted by atomic mass is 32.2. The molecule has 0 saturated carbocycles. The van der Waals surface area contributed by atoms with Crippen molar-refractivity contribution in [3.05, 3.63) is 126 Å². The quantitative estimate of drug-likeness (QED) is 0.216. The molecular weight excluding hydrogens is 586 g/mol. The number of amides is 2. The van der Waals surface area contributed by atoms with Crippen molar-refractivity contribution in [2.45, 2.75) is 57.1 Å². The summed E-state index contributed by atoms with van der Waals surface area (Å²) in [6.45, 7) is 7.19. The maximum absolute atomic E-state index is 14.6. The van der Waals surface area contributed by atoms with Gasteiger partial charge in [-0.05, 0) is 80.8 Å². The topological polar surface area (TPSA) is 96.0 Å². The Labute approximate surface area is 266 Å². The number of methoxy groups -OCH3 is 1. The molecule has 0 aromatic heterocycles. The van der Waals surface area contributed by atoms with E-state index >= 15 is 0 Å². The lowest BCUT2D eigenvalue weighted by Crippen LogP contribution is -2.56. The van der Waals surface area contributed by atoms with E-state index in [9.17, 15) is 18.0 Å². The van der Waals surface area contributed by atoms with Gasteiger partial charge in [0.05, 0.1) is 17.7 Å². The van der Waals surface area contributed by atoms with Gasteiger partial charge in [-0.15, -0.1) is 0 Å². The molecular formula is C36H41N3O5S. The summed E-state index contributed by atoms with van der Waals surface area (Å²) in [5.74, 6) is -0.293. The number of benzene rings is 4. The van der Waals surface area contributed by atoms with Crippen molar-refractivity contribution < 1.29 is 22.7 Å². The Morgan fingerprint density at radius 2 is 1.40 bits per heavy atom. The molecule has 9 heteroatoms. The van der Waals surface area contributed by atoms with E-state index in [4.69, 9.17) is 4.74 Å². The average Bonchev–Trinajstić information content (AvgIpc) is 3.02. The molecule has 0 unspecified atom stereocenters. The van der Waals surface area contributed by atoms with Gasteiger partial charge < -0.3 is 15.0 Å². The third kappa shape index (κ3) is 8.73. The maximum Gasteiger partial charge on any atom is 0.264 e. The van der Waals surface area contributed by atoms with E-state index in [1.54, 1.807) is 42.5 Å². The summed E-state index contributed by atoms with van der Waals surface area (Å²) in [5, 5.41) is 3.05. The molecule has 4 aromatic carbocycles. The molecule has 0 aliphatic rings. The van der Waals surface area contributed by atoms with Crippen LogP contribution in [0, 0.1) is 6.92 Å². The number of anilines is 1. The summed E-state index contributed by atoms with van der Waals surface area (Å²) in [5.41, 5.74) is 2.42. The molecule has 4 rings (SSSR count). The fourth-order valence-corrected chi connectivity index (χ4v) is 6.41. The number of nitrogens with one attached hydrogen (secondary N) is 1. The Hall–Kier alpha value is -4.63. The molecule has 0 spiro atoms. The first-order valence-corrected chi connectivity index (χ1v) is 16.2. The second-order valence-electron chi connectivity index (χ2n) is 11.9. The predicted octanol–water partition coefficient (Wildman–Crippen LogP) is 5.75. The fraction of sp³-hybridized carbons (Fsp3) is 0.278. The maximum atomic E-state index is 14.6. The van der Waals surface area contributed by atoms with Gasteiger partial charge in [-0.3, -0.25) is 13.9 Å². The van der Waals surface area contributed by atoms with Crippen LogP contribution in [0.2, 0.25) is 0 Å². The zero-order valence-electron chi connectivity index (χ0n) is 26.4. The normalized spacial score (nSPS) is 12.2. The minimum atomic E-state index is -4.17. The van der Waals surface area contributed by atoms with Crippen LogP contribution < -0.4 is 14.4 Å². The molecule has 0 radical (unpaired) electrons. The molecule has 8 nitrogen and oxygen atoms in total. The number of rotatable bonds is 12. The van der Waals surface area contributed by atoms with E-state index in [-0.39, 0.29) is 23.8 Å². The van der Waals surface area contributed by atoms with Crippen LogP contribution in [-0.4, -0.2) is 50.4 Å². The number of carbonyl (C=O) groups excluding carboxylic acids is 2. The Morgan fingerprint density at radius 1 is 0.822 bits per heavy atom. The van der Waals surface area contributed by atoms with Crippen LogP contribution in [0.4, 0.5) is 5.69 Å². The standard InChI is InChI=1S/C36H41N3O5S/c1-27-14-12-13-17-29(27)25-38(33(35(41)37-36(2,3)4)24-28-15-8-6-9-16-28)34(40)26-39(30-20-22-31(44-5)23-21-30)45(42,43)32-18-10-7-11-19-32/h6-23,33H,24-26H2,1-5H3,(H,37,41)/t33-/m1/s1. The lowest BCUT2D eigenvalue weighted by molar-refractivity contribution is -0.140. The molecule has 4 aromatic rings. The number of sulfonamides is 1. The molecule has 2 amide bonds. The van der Waals surface area contributed by atoms with Gasteiger partial charge in [0.15, 0.2) is 0 Å². The predicted molar refractivity (Wildman–Crippen MR) is 178 cm³/mol. The Balaban J connectivity index is 1.82. The zero-order valence-corrected chi connectivity index (χ0v) is 27.3. The number of hydrogen-bond donors (Lipinski definition) is 1. The molecule has 0 heterocycles. The lowest BCUT2D eigenvalue weighted by atomic mass is 10.00. The zero-order chi connectivity index (χ0) is 32.6. The Bertz CT molecular complexity index is 1690. The van der Waals surface area contributed by atoms with Gasteiger partial charge in [0.1, 0.15) is 18.3 Å². The van der Waals surface area contributed by atoms with Crippen molar-refractivity contribution in [2.24, 2.45) is 0 Å². The third-order valence-electron chi connectivity index (χ3n) is 7.34. The van der Waals surface area contributed by atoms with E-state index in [1.165, 1.54) is 24.1 Å². The number of nitrogens with zero attached hydrogens (tertiary/aromatic N) is 2. The van der Waals surface area contributed by atoms with Gasteiger partial charge in [-0.2, -0.15) is 0 Å². The third-order valence-corrected chi connectivity index (χ3v) is 9.13. The van der Waals surface area contributed by atoms with E-state index in [2.05, 4.69) is 5.32 Å².